The molecule has 2 aromatic heterocycles. The van der Waals surface area contributed by atoms with Crippen LogP contribution in [0.15, 0.2) is 22.1 Å². The average molecular weight is 328 g/mol. The first kappa shape index (κ1) is 13.8. The third-order valence-electron chi connectivity index (χ3n) is 2.86. The Bertz CT molecular complexity index is 504. The molecule has 0 aliphatic carbocycles. The van der Waals surface area contributed by atoms with Crippen LogP contribution in [0.2, 0.25) is 0 Å². The first-order chi connectivity index (χ1) is 8.60. The fourth-order valence-electron chi connectivity index (χ4n) is 2.01. The van der Waals surface area contributed by atoms with E-state index in [0.717, 1.165) is 22.4 Å². The van der Waals surface area contributed by atoms with Gasteiger partial charge in [-0.3, -0.25) is 0 Å². The number of halogens is 1. The van der Waals surface area contributed by atoms with Crippen molar-refractivity contribution < 1.29 is 0 Å². The molecule has 0 aromatic carbocycles. The highest BCUT2D eigenvalue weighted by Crippen LogP contribution is 2.30. The normalized spacial score (nSPS) is 13.2. The zero-order valence-corrected chi connectivity index (χ0v) is 13.0. The third kappa shape index (κ3) is 3.22. The number of nitrogens with one attached hydrogen (secondary N) is 1. The van der Waals surface area contributed by atoms with Crippen LogP contribution in [0.5, 0.6) is 0 Å². The summed E-state index contributed by atoms with van der Waals surface area (Å²) in [5, 5.41) is 2.07. The van der Waals surface area contributed by atoms with Crippen molar-refractivity contribution in [2.24, 2.45) is 11.7 Å². The summed E-state index contributed by atoms with van der Waals surface area (Å²) in [4.78, 5) is 9.07. The zero-order valence-electron chi connectivity index (χ0n) is 10.6. The first-order valence-corrected chi connectivity index (χ1v) is 7.76. The summed E-state index contributed by atoms with van der Waals surface area (Å²) < 4.78 is 1.11. The molecule has 5 heteroatoms. The highest BCUT2D eigenvalue weighted by molar-refractivity contribution is 9.10. The highest BCUT2D eigenvalue weighted by Gasteiger charge is 2.16. The number of rotatable bonds is 5. The Labute approximate surface area is 120 Å². The molecule has 18 heavy (non-hydrogen) atoms. The van der Waals surface area contributed by atoms with Crippen LogP contribution in [0.4, 0.5) is 0 Å². The van der Waals surface area contributed by atoms with Gasteiger partial charge in [-0.05, 0) is 34.3 Å². The lowest BCUT2D eigenvalue weighted by atomic mass is 9.97. The van der Waals surface area contributed by atoms with E-state index in [1.807, 2.05) is 6.20 Å². The zero-order chi connectivity index (χ0) is 13.1. The van der Waals surface area contributed by atoms with E-state index in [0.29, 0.717) is 18.4 Å². The Morgan fingerprint density at radius 3 is 2.83 bits per heavy atom. The number of thiophene rings is 1. The minimum absolute atomic E-state index is 0.321. The van der Waals surface area contributed by atoms with E-state index in [4.69, 9.17) is 5.73 Å². The highest BCUT2D eigenvalue weighted by atomic mass is 79.9. The van der Waals surface area contributed by atoms with Crippen LogP contribution in [-0.2, 0) is 0 Å². The number of H-pyrrole nitrogens is 1. The molecule has 0 fully saturated rings. The van der Waals surface area contributed by atoms with Gasteiger partial charge >= 0.3 is 0 Å². The van der Waals surface area contributed by atoms with Gasteiger partial charge in [0, 0.05) is 22.3 Å². The summed E-state index contributed by atoms with van der Waals surface area (Å²) in [5.41, 5.74) is 6.91. The van der Waals surface area contributed by atoms with Crippen LogP contribution in [0, 0.1) is 5.92 Å². The minimum atomic E-state index is 0.321. The van der Waals surface area contributed by atoms with E-state index < -0.39 is 0 Å². The van der Waals surface area contributed by atoms with Crippen molar-refractivity contribution in [3.63, 3.8) is 0 Å². The SMILES string of the molecule is CC(C)CC(CN)c1ncc(-c2cc(Br)cs2)[nH]1. The van der Waals surface area contributed by atoms with Crippen molar-refractivity contribution in [2.75, 3.05) is 6.54 Å². The summed E-state index contributed by atoms with van der Waals surface area (Å²) in [6.07, 6.45) is 2.97. The van der Waals surface area contributed by atoms with Crippen LogP contribution in [-0.4, -0.2) is 16.5 Å². The van der Waals surface area contributed by atoms with E-state index >= 15 is 0 Å². The maximum absolute atomic E-state index is 5.84. The lowest BCUT2D eigenvalue weighted by molar-refractivity contribution is 0.490. The monoisotopic (exact) mass is 327 g/mol. The smallest absolute Gasteiger partial charge is 0.110 e. The van der Waals surface area contributed by atoms with Crippen LogP contribution < -0.4 is 5.73 Å². The molecule has 0 saturated carbocycles. The van der Waals surface area contributed by atoms with Crippen LogP contribution in [0.25, 0.3) is 10.6 Å². The Hall–Kier alpha value is -0.650. The van der Waals surface area contributed by atoms with Crippen molar-refractivity contribution in [2.45, 2.75) is 26.2 Å². The van der Waals surface area contributed by atoms with Crippen molar-refractivity contribution in [1.82, 2.24) is 9.97 Å². The molecule has 0 aliphatic heterocycles. The van der Waals surface area contributed by atoms with E-state index in [2.05, 4.69) is 51.2 Å². The van der Waals surface area contributed by atoms with Crippen molar-refractivity contribution in [1.29, 1.82) is 0 Å². The fraction of sp³-hybridized carbons (Fsp3) is 0.462. The Kier molecular flexibility index (Phi) is 4.59. The summed E-state index contributed by atoms with van der Waals surface area (Å²) in [7, 11) is 0. The molecule has 0 radical (unpaired) electrons. The number of hydrogen-bond acceptors (Lipinski definition) is 3. The number of aromatic amines is 1. The van der Waals surface area contributed by atoms with Gasteiger partial charge in [-0.2, -0.15) is 0 Å². The van der Waals surface area contributed by atoms with E-state index in [1.165, 1.54) is 4.88 Å². The molecule has 1 atom stereocenters. The minimum Gasteiger partial charge on any atom is -0.341 e. The molecule has 98 valence electrons. The quantitative estimate of drug-likeness (QED) is 0.872. The molecule has 2 heterocycles. The first-order valence-electron chi connectivity index (χ1n) is 6.09. The van der Waals surface area contributed by atoms with Gasteiger partial charge in [0.1, 0.15) is 5.82 Å². The summed E-state index contributed by atoms with van der Waals surface area (Å²) in [5.74, 6) is 1.95. The molecule has 2 rings (SSSR count). The molecule has 0 bridgehead atoms. The molecule has 3 N–H and O–H groups in total. The van der Waals surface area contributed by atoms with Gasteiger partial charge in [-0.25, -0.2) is 4.98 Å². The number of imidazole rings is 1. The second-order valence-corrected chi connectivity index (χ2v) is 6.70. The summed E-state index contributed by atoms with van der Waals surface area (Å²) in [6, 6.07) is 2.10. The molecule has 0 amide bonds. The molecule has 3 nitrogen and oxygen atoms in total. The molecule has 0 spiro atoms. The molecule has 1 unspecified atom stereocenters. The van der Waals surface area contributed by atoms with Crippen molar-refractivity contribution in [3.05, 3.63) is 27.9 Å². The fourth-order valence-corrected chi connectivity index (χ4v) is 3.41. The Morgan fingerprint density at radius 2 is 2.28 bits per heavy atom. The summed E-state index contributed by atoms with van der Waals surface area (Å²) >= 11 is 5.17. The lowest BCUT2D eigenvalue weighted by Gasteiger charge is -2.14. The standard InChI is InChI=1S/C13H18BrN3S/c1-8(2)3-9(5-15)13-16-6-11(17-13)12-4-10(14)7-18-12/h4,6-9H,3,5,15H2,1-2H3,(H,16,17). The molecular weight excluding hydrogens is 310 g/mol. The van der Waals surface area contributed by atoms with Crippen LogP contribution in [0.1, 0.15) is 32.0 Å². The van der Waals surface area contributed by atoms with Crippen molar-refractivity contribution >= 4 is 27.3 Å². The van der Waals surface area contributed by atoms with Gasteiger partial charge in [0.2, 0.25) is 0 Å². The molecule has 0 saturated heterocycles. The third-order valence-corrected chi connectivity index (χ3v) is 4.58. The average Bonchev–Trinajstić information content (AvgIpc) is 2.93. The maximum atomic E-state index is 5.84. The van der Waals surface area contributed by atoms with E-state index in [1.54, 1.807) is 11.3 Å². The Balaban J connectivity index is 2.18. The molecule has 2 aromatic rings. The number of nitrogens with two attached hydrogens (primary N) is 1. The predicted octanol–water partition coefficient (Wildman–Crippen LogP) is 3.99. The second-order valence-electron chi connectivity index (χ2n) is 4.87. The van der Waals surface area contributed by atoms with Gasteiger partial charge in [-0.1, -0.05) is 13.8 Å². The van der Waals surface area contributed by atoms with Gasteiger partial charge in [-0.15, -0.1) is 11.3 Å². The number of nitrogens with zero attached hydrogens (tertiary/aromatic N) is 1. The topological polar surface area (TPSA) is 54.7 Å². The van der Waals surface area contributed by atoms with Crippen LogP contribution in [0.3, 0.4) is 0 Å². The predicted molar refractivity (Wildman–Crippen MR) is 80.9 cm³/mol. The van der Waals surface area contributed by atoms with Gasteiger partial charge < -0.3 is 10.7 Å². The van der Waals surface area contributed by atoms with Gasteiger partial charge in [0.15, 0.2) is 0 Å². The largest absolute Gasteiger partial charge is 0.341 e. The lowest BCUT2D eigenvalue weighted by Crippen LogP contribution is -2.15. The van der Waals surface area contributed by atoms with Gasteiger partial charge in [0.05, 0.1) is 16.8 Å². The van der Waals surface area contributed by atoms with Crippen molar-refractivity contribution in [3.8, 4) is 10.6 Å². The molecular formula is C13H18BrN3S. The van der Waals surface area contributed by atoms with E-state index in [9.17, 15) is 0 Å². The number of aromatic nitrogens is 2. The van der Waals surface area contributed by atoms with Gasteiger partial charge in [0.25, 0.3) is 0 Å². The van der Waals surface area contributed by atoms with Crippen LogP contribution >= 0.6 is 27.3 Å². The second kappa shape index (κ2) is 5.99. The number of hydrogen-bond donors (Lipinski definition) is 2. The van der Waals surface area contributed by atoms with E-state index in [-0.39, 0.29) is 0 Å². The maximum Gasteiger partial charge on any atom is 0.110 e. The summed E-state index contributed by atoms with van der Waals surface area (Å²) in [6.45, 7) is 5.06. The Morgan fingerprint density at radius 1 is 1.50 bits per heavy atom. The molecule has 0 aliphatic rings.